The van der Waals surface area contributed by atoms with Crippen molar-refractivity contribution in [2.75, 3.05) is 12.4 Å². The molecule has 0 unspecified atom stereocenters. The molecule has 0 amide bonds. The molecule has 0 bridgehead atoms. The van der Waals surface area contributed by atoms with Crippen LogP contribution in [0.15, 0.2) is 82.5 Å². The first-order valence-electron chi connectivity index (χ1n) is 8.88. The molecule has 2 heterocycles. The molecule has 2 aromatic carbocycles. The summed E-state index contributed by atoms with van der Waals surface area (Å²) in [6.07, 6.45) is 5.10. The summed E-state index contributed by atoms with van der Waals surface area (Å²) in [5, 5.41) is 8.15. The zero-order valence-corrected chi connectivity index (χ0v) is 16.8. The SMILES string of the molecule is COc1ccc(S(N)(=O)=O)cc1Nc1ncc(-c2cccc(-c3cccnc3)c2)o1. The van der Waals surface area contributed by atoms with Gasteiger partial charge in [0.05, 0.1) is 23.9 Å². The second-order valence-corrected chi connectivity index (χ2v) is 7.95. The van der Waals surface area contributed by atoms with Crippen molar-refractivity contribution in [2.24, 2.45) is 5.14 Å². The molecule has 9 heteroatoms. The van der Waals surface area contributed by atoms with Crippen molar-refractivity contribution in [3.8, 4) is 28.2 Å². The standard InChI is InChI=1S/C21H18N4O4S/c1-28-19-8-7-17(30(22,26)27)11-18(19)25-21-24-13-20(29-21)15-5-2-4-14(10-15)16-6-3-9-23-12-16/h2-13H,1H3,(H,24,25)(H2,22,26,27). The Kier molecular flexibility index (Phi) is 5.21. The summed E-state index contributed by atoms with van der Waals surface area (Å²) in [6.45, 7) is 0. The second-order valence-electron chi connectivity index (χ2n) is 6.38. The Morgan fingerprint density at radius 3 is 2.53 bits per heavy atom. The Hall–Kier alpha value is -3.69. The third-order valence-electron chi connectivity index (χ3n) is 4.39. The predicted octanol–water partition coefficient (Wildman–Crippen LogP) is 3.80. The zero-order valence-electron chi connectivity index (χ0n) is 15.9. The molecule has 0 radical (unpaired) electrons. The van der Waals surface area contributed by atoms with E-state index in [-0.39, 0.29) is 10.9 Å². The Morgan fingerprint density at radius 2 is 1.80 bits per heavy atom. The predicted molar refractivity (Wildman–Crippen MR) is 113 cm³/mol. The van der Waals surface area contributed by atoms with Crippen LogP contribution < -0.4 is 15.2 Å². The van der Waals surface area contributed by atoms with Crippen molar-refractivity contribution in [3.63, 3.8) is 0 Å². The number of methoxy groups -OCH3 is 1. The number of nitrogens with one attached hydrogen (secondary N) is 1. The van der Waals surface area contributed by atoms with Gasteiger partial charge in [-0.25, -0.2) is 18.5 Å². The molecule has 30 heavy (non-hydrogen) atoms. The van der Waals surface area contributed by atoms with Gasteiger partial charge in [0.2, 0.25) is 10.0 Å². The van der Waals surface area contributed by atoms with Crippen LogP contribution in [0, 0.1) is 0 Å². The fourth-order valence-electron chi connectivity index (χ4n) is 2.93. The van der Waals surface area contributed by atoms with Gasteiger partial charge in [-0.2, -0.15) is 0 Å². The van der Waals surface area contributed by atoms with Gasteiger partial charge in [-0.15, -0.1) is 0 Å². The van der Waals surface area contributed by atoms with Crippen molar-refractivity contribution in [3.05, 3.63) is 73.2 Å². The molecule has 152 valence electrons. The van der Waals surface area contributed by atoms with Gasteiger partial charge in [0, 0.05) is 23.5 Å². The highest BCUT2D eigenvalue weighted by Gasteiger charge is 2.14. The number of pyridine rings is 1. The highest BCUT2D eigenvalue weighted by molar-refractivity contribution is 7.89. The zero-order chi connectivity index (χ0) is 21.1. The molecule has 0 aliphatic heterocycles. The van der Waals surface area contributed by atoms with Crippen molar-refractivity contribution < 1.29 is 17.6 Å². The van der Waals surface area contributed by atoms with Crippen molar-refractivity contribution in [1.82, 2.24) is 9.97 Å². The number of oxazole rings is 1. The van der Waals surface area contributed by atoms with Gasteiger partial charge < -0.3 is 14.5 Å². The molecule has 0 spiro atoms. The fourth-order valence-corrected chi connectivity index (χ4v) is 3.47. The van der Waals surface area contributed by atoms with Gasteiger partial charge in [0.1, 0.15) is 5.75 Å². The Balaban J connectivity index is 1.63. The molecule has 0 aliphatic rings. The minimum atomic E-state index is -3.86. The summed E-state index contributed by atoms with van der Waals surface area (Å²) in [6, 6.07) is 16.1. The lowest BCUT2D eigenvalue weighted by molar-refractivity contribution is 0.416. The topological polar surface area (TPSA) is 120 Å². The first-order chi connectivity index (χ1) is 14.4. The number of ether oxygens (including phenoxy) is 1. The number of hydrogen-bond acceptors (Lipinski definition) is 7. The smallest absolute Gasteiger partial charge is 0.299 e. The van der Waals surface area contributed by atoms with Crippen LogP contribution in [0.1, 0.15) is 0 Å². The van der Waals surface area contributed by atoms with E-state index in [9.17, 15) is 8.42 Å². The van der Waals surface area contributed by atoms with Gasteiger partial charge >= 0.3 is 0 Å². The van der Waals surface area contributed by atoms with Crippen LogP contribution in [0.4, 0.5) is 11.7 Å². The maximum Gasteiger partial charge on any atom is 0.299 e. The molecular formula is C21H18N4O4S. The number of aromatic nitrogens is 2. The normalized spacial score (nSPS) is 11.3. The van der Waals surface area contributed by atoms with E-state index in [4.69, 9.17) is 14.3 Å². The van der Waals surface area contributed by atoms with Crippen LogP contribution in [0.25, 0.3) is 22.5 Å². The summed E-state index contributed by atoms with van der Waals surface area (Å²) in [5.74, 6) is 0.963. The number of benzene rings is 2. The summed E-state index contributed by atoms with van der Waals surface area (Å²) in [5.41, 5.74) is 3.18. The van der Waals surface area contributed by atoms with Gasteiger partial charge in [0.25, 0.3) is 6.01 Å². The summed E-state index contributed by atoms with van der Waals surface area (Å²) in [7, 11) is -2.39. The lowest BCUT2D eigenvalue weighted by Gasteiger charge is -2.10. The number of nitrogens with two attached hydrogens (primary N) is 1. The largest absolute Gasteiger partial charge is 0.495 e. The fraction of sp³-hybridized carbons (Fsp3) is 0.0476. The third kappa shape index (κ3) is 4.17. The maximum atomic E-state index is 11.6. The average molecular weight is 422 g/mol. The second kappa shape index (κ2) is 7.97. The molecule has 0 fully saturated rings. The van der Waals surface area contributed by atoms with Crippen molar-refractivity contribution >= 4 is 21.7 Å². The Labute approximate surface area is 173 Å². The summed E-state index contributed by atoms with van der Waals surface area (Å²) >= 11 is 0. The quantitative estimate of drug-likeness (QED) is 0.485. The van der Waals surface area contributed by atoms with E-state index in [1.807, 2.05) is 36.4 Å². The summed E-state index contributed by atoms with van der Waals surface area (Å²) in [4.78, 5) is 8.32. The van der Waals surface area contributed by atoms with Gasteiger partial charge in [-0.3, -0.25) is 4.98 Å². The summed E-state index contributed by atoms with van der Waals surface area (Å²) < 4.78 is 34.4. The number of hydrogen-bond donors (Lipinski definition) is 2. The molecule has 4 rings (SSSR count). The van der Waals surface area contributed by atoms with E-state index in [2.05, 4.69) is 15.3 Å². The van der Waals surface area contributed by atoms with Gasteiger partial charge in [0.15, 0.2) is 5.76 Å². The number of nitrogens with zero attached hydrogens (tertiary/aromatic N) is 2. The lowest BCUT2D eigenvalue weighted by atomic mass is 10.0. The van der Waals surface area contributed by atoms with Gasteiger partial charge in [-0.1, -0.05) is 24.3 Å². The first-order valence-corrected chi connectivity index (χ1v) is 10.4. The first kappa shape index (κ1) is 19.6. The van der Waals surface area contributed by atoms with Crippen LogP contribution in [0.2, 0.25) is 0 Å². The van der Waals surface area contributed by atoms with Crippen LogP contribution in [-0.4, -0.2) is 25.5 Å². The van der Waals surface area contributed by atoms with Crippen LogP contribution in [-0.2, 0) is 10.0 Å². The molecule has 2 aromatic heterocycles. The number of sulfonamides is 1. The van der Waals surface area contributed by atoms with E-state index in [0.29, 0.717) is 17.2 Å². The van der Waals surface area contributed by atoms with E-state index >= 15 is 0 Å². The number of primary sulfonamides is 1. The highest BCUT2D eigenvalue weighted by Crippen LogP contribution is 2.32. The van der Waals surface area contributed by atoms with Crippen LogP contribution in [0.5, 0.6) is 5.75 Å². The number of rotatable bonds is 6. The molecule has 0 saturated heterocycles. The lowest BCUT2D eigenvalue weighted by Crippen LogP contribution is -2.12. The molecule has 0 atom stereocenters. The van der Waals surface area contributed by atoms with E-state index in [0.717, 1.165) is 16.7 Å². The number of anilines is 2. The van der Waals surface area contributed by atoms with Crippen molar-refractivity contribution in [2.45, 2.75) is 4.90 Å². The third-order valence-corrected chi connectivity index (χ3v) is 5.30. The molecule has 8 nitrogen and oxygen atoms in total. The highest BCUT2D eigenvalue weighted by atomic mass is 32.2. The Bertz CT molecular complexity index is 1290. The molecule has 0 saturated carbocycles. The average Bonchev–Trinajstić information content (AvgIpc) is 3.22. The van der Waals surface area contributed by atoms with E-state index in [1.54, 1.807) is 18.6 Å². The molecular weight excluding hydrogens is 404 g/mol. The van der Waals surface area contributed by atoms with Gasteiger partial charge in [-0.05, 0) is 35.9 Å². The molecule has 3 N–H and O–H groups in total. The van der Waals surface area contributed by atoms with Crippen LogP contribution in [0.3, 0.4) is 0 Å². The molecule has 4 aromatic rings. The minimum absolute atomic E-state index is 0.0539. The van der Waals surface area contributed by atoms with E-state index in [1.165, 1.54) is 25.3 Å². The van der Waals surface area contributed by atoms with Crippen molar-refractivity contribution in [1.29, 1.82) is 0 Å². The monoisotopic (exact) mass is 422 g/mol. The van der Waals surface area contributed by atoms with Crippen LogP contribution >= 0.6 is 0 Å². The van der Waals surface area contributed by atoms with E-state index < -0.39 is 10.0 Å². The minimum Gasteiger partial charge on any atom is -0.495 e. The Morgan fingerprint density at radius 1 is 1.00 bits per heavy atom. The molecule has 0 aliphatic carbocycles. The maximum absolute atomic E-state index is 11.6.